The Labute approximate surface area is 279 Å². The van der Waals surface area contributed by atoms with E-state index in [0.717, 1.165) is 89.9 Å². The zero-order valence-electron chi connectivity index (χ0n) is 29.9. The van der Waals surface area contributed by atoms with Gasteiger partial charge in [0.15, 0.2) is 0 Å². The van der Waals surface area contributed by atoms with Gasteiger partial charge in [0, 0.05) is 12.8 Å². The molecule has 1 N–H and O–H groups in total. The molecule has 1 atom stereocenters. The molecule has 0 saturated carbocycles. The number of hydrogen-bond donors (Lipinski definition) is 1. The van der Waals surface area contributed by atoms with Crippen molar-refractivity contribution < 1.29 is 19.4 Å². The zero-order valence-corrected chi connectivity index (χ0v) is 29.9. The lowest BCUT2D eigenvalue weighted by Crippen LogP contribution is -2.18. The number of hydrogen-bond acceptors (Lipinski definition) is 3. The molecule has 0 spiro atoms. The molecule has 0 aliphatic carbocycles. The van der Waals surface area contributed by atoms with Crippen molar-refractivity contribution in [2.24, 2.45) is 0 Å². The van der Waals surface area contributed by atoms with E-state index in [1.165, 1.54) is 89.9 Å². The number of esters is 1. The van der Waals surface area contributed by atoms with Crippen LogP contribution in [0.15, 0.2) is 36.5 Å². The molecule has 0 amide bonds. The molecule has 1 unspecified atom stereocenters. The van der Waals surface area contributed by atoms with Crippen LogP contribution in [0.2, 0.25) is 0 Å². The van der Waals surface area contributed by atoms with Crippen LogP contribution >= 0.6 is 0 Å². The van der Waals surface area contributed by atoms with E-state index in [2.05, 4.69) is 50.3 Å². The van der Waals surface area contributed by atoms with Crippen molar-refractivity contribution in [3.63, 3.8) is 0 Å². The summed E-state index contributed by atoms with van der Waals surface area (Å²) in [5.74, 6) is -0.714. The highest BCUT2D eigenvalue weighted by molar-refractivity contribution is 5.69. The lowest BCUT2D eigenvalue weighted by molar-refractivity contribution is -0.150. The minimum atomic E-state index is -0.702. The van der Waals surface area contributed by atoms with Crippen LogP contribution in [-0.2, 0) is 14.3 Å². The molecular weight excluding hydrogens is 556 g/mol. The van der Waals surface area contributed by atoms with Crippen molar-refractivity contribution in [1.29, 1.82) is 0 Å². The Morgan fingerprint density at radius 3 is 1.44 bits per heavy atom. The summed E-state index contributed by atoms with van der Waals surface area (Å²) in [5, 5.41) is 8.81. The maximum absolute atomic E-state index is 12.6. The molecule has 0 fully saturated rings. The van der Waals surface area contributed by atoms with Gasteiger partial charge < -0.3 is 9.84 Å². The molecular formula is C41H74O4. The van der Waals surface area contributed by atoms with E-state index >= 15 is 0 Å². The molecule has 4 nitrogen and oxygen atoms in total. The Kier molecular flexibility index (Phi) is 35.1. The number of rotatable bonds is 35. The smallest absolute Gasteiger partial charge is 0.306 e. The Morgan fingerprint density at radius 2 is 0.933 bits per heavy atom. The zero-order chi connectivity index (χ0) is 32.9. The summed E-state index contributed by atoms with van der Waals surface area (Å²) in [5.41, 5.74) is 0. The first-order valence-electron chi connectivity index (χ1n) is 19.5. The molecule has 45 heavy (non-hydrogen) atoms. The fourth-order valence-electron chi connectivity index (χ4n) is 5.79. The fourth-order valence-corrected chi connectivity index (χ4v) is 5.79. The normalized spacial score (nSPS) is 12.6. The van der Waals surface area contributed by atoms with Gasteiger partial charge in [0.1, 0.15) is 6.10 Å². The van der Waals surface area contributed by atoms with E-state index in [1.807, 2.05) is 0 Å². The molecule has 262 valence electrons. The molecule has 0 aromatic carbocycles. The van der Waals surface area contributed by atoms with E-state index in [4.69, 9.17) is 9.84 Å². The first-order chi connectivity index (χ1) is 22.1. The number of carboxylic acid groups (broad SMARTS) is 1. The number of carboxylic acids is 1. The molecule has 4 heteroatoms. The van der Waals surface area contributed by atoms with Crippen molar-refractivity contribution in [3.05, 3.63) is 36.5 Å². The fraction of sp³-hybridized carbons (Fsp3) is 0.805. The average Bonchev–Trinajstić information content (AvgIpc) is 3.02. The van der Waals surface area contributed by atoms with E-state index in [0.29, 0.717) is 6.42 Å². The first kappa shape index (κ1) is 43.2. The van der Waals surface area contributed by atoms with E-state index in [-0.39, 0.29) is 18.5 Å². The van der Waals surface area contributed by atoms with Crippen LogP contribution in [0.1, 0.15) is 206 Å². The second-order valence-electron chi connectivity index (χ2n) is 13.1. The highest BCUT2D eigenvalue weighted by atomic mass is 16.5. The summed E-state index contributed by atoms with van der Waals surface area (Å²) in [7, 11) is 0. The summed E-state index contributed by atoms with van der Waals surface area (Å²) in [6, 6.07) is 0. The third-order valence-electron chi connectivity index (χ3n) is 8.63. The van der Waals surface area contributed by atoms with Crippen LogP contribution in [0.3, 0.4) is 0 Å². The van der Waals surface area contributed by atoms with Crippen LogP contribution in [0.25, 0.3) is 0 Å². The Balaban J connectivity index is 4.07. The van der Waals surface area contributed by atoms with E-state index in [1.54, 1.807) is 0 Å². The number of ether oxygens (including phenoxy) is 1. The molecule has 0 saturated heterocycles. The van der Waals surface area contributed by atoms with Crippen LogP contribution in [0.4, 0.5) is 0 Å². The van der Waals surface area contributed by atoms with Gasteiger partial charge in [-0.25, -0.2) is 0 Å². The van der Waals surface area contributed by atoms with E-state index < -0.39 is 5.97 Å². The second kappa shape index (κ2) is 36.6. The maximum atomic E-state index is 12.6. The number of allylic oxidation sites excluding steroid dienone is 6. The molecule has 0 aliphatic rings. The minimum absolute atomic E-state index is 0.0124. The number of carbonyl (C=O) groups excluding carboxylic acids is 1. The SMILES string of the molecule is CC/C=C\C/C=C\C/C=C\CCCCCCCC(=O)OC(CCCCCCCCCCCCCC)CCCCCCCC(=O)O. The van der Waals surface area contributed by atoms with Crippen LogP contribution in [0, 0.1) is 0 Å². The number of unbranched alkanes of at least 4 members (excludes halogenated alkanes) is 20. The lowest BCUT2D eigenvalue weighted by Gasteiger charge is -2.18. The Morgan fingerprint density at radius 1 is 0.511 bits per heavy atom. The predicted molar refractivity (Wildman–Crippen MR) is 195 cm³/mol. The maximum Gasteiger partial charge on any atom is 0.306 e. The summed E-state index contributed by atoms with van der Waals surface area (Å²) in [4.78, 5) is 23.4. The lowest BCUT2D eigenvalue weighted by atomic mass is 10.0. The molecule has 0 heterocycles. The summed E-state index contributed by atoms with van der Waals surface area (Å²) in [6.07, 6.45) is 47.3. The number of aliphatic carboxylic acids is 1. The predicted octanol–water partition coefficient (Wildman–Crippen LogP) is 13.4. The van der Waals surface area contributed by atoms with Crippen molar-refractivity contribution in [2.75, 3.05) is 0 Å². The van der Waals surface area contributed by atoms with Crippen LogP contribution in [-0.4, -0.2) is 23.1 Å². The highest BCUT2D eigenvalue weighted by Gasteiger charge is 2.14. The van der Waals surface area contributed by atoms with Crippen molar-refractivity contribution in [2.45, 2.75) is 213 Å². The van der Waals surface area contributed by atoms with Gasteiger partial charge in [0.05, 0.1) is 0 Å². The van der Waals surface area contributed by atoms with Crippen molar-refractivity contribution in [3.8, 4) is 0 Å². The summed E-state index contributed by atoms with van der Waals surface area (Å²) < 4.78 is 5.99. The van der Waals surface area contributed by atoms with Crippen LogP contribution in [0.5, 0.6) is 0 Å². The van der Waals surface area contributed by atoms with Gasteiger partial charge in [0.25, 0.3) is 0 Å². The quantitative estimate of drug-likeness (QED) is 0.0430. The van der Waals surface area contributed by atoms with Crippen LogP contribution < -0.4 is 0 Å². The molecule has 0 rings (SSSR count). The van der Waals surface area contributed by atoms with Gasteiger partial charge >= 0.3 is 11.9 Å². The van der Waals surface area contributed by atoms with Crippen molar-refractivity contribution >= 4 is 11.9 Å². The standard InChI is InChI=1S/C41H74O4/c1-3-5-7-9-11-13-15-17-18-19-21-23-25-30-34-38-41(44)45-39(36-32-28-26-29-33-37-40(42)43)35-31-27-24-22-20-16-14-12-10-8-6-4-2/h5,7,11,13,17-18,39H,3-4,6,8-10,12,14-16,19-38H2,1-2H3,(H,42,43)/b7-5-,13-11-,18-17-. The first-order valence-corrected chi connectivity index (χ1v) is 19.5. The molecule has 0 radical (unpaired) electrons. The van der Waals surface area contributed by atoms with Gasteiger partial charge in [-0.15, -0.1) is 0 Å². The monoisotopic (exact) mass is 631 g/mol. The largest absolute Gasteiger partial charge is 0.481 e. The average molecular weight is 631 g/mol. The molecule has 0 bridgehead atoms. The van der Waals surface area contributed by atoms with E-state index in [9.17, 15) is 9.59 Å². The molecule has 0 aromatic heterocycles. The third kappa shape index (κ3) is 36.5. The second-order valence-corrected chi connectivity index (χ2v) is 13.1. The summed E-state index contributed by atoms with van der Waals surface area (Å²) in [6.45, 7) is 4.44. The van der Waals surface area contributed by atoms with Gasteiger partial charge in [-0.1, -0.05) is 159 Å². The van der Waals surface area contributed by atoms with Gasteiger partial charge in [0.2, 0.25) is 0 Å². The van der Waals surface area contributed by atoms with Gasteiger partial charge in [-0.3, -0.25) is 9.59 Å². The minimum Gasteiger partial charge on any atom is -0.481 e. The summed E-state index contributed by atoms with van der Waals surface area (Å²) >= 11 is 0. The van der Waals surface area contributed by atoms with Gasteiger partial charge in [-0.2, -0.15) is 0 Å². The Hall–Kier alpha value is -1.84. The molecule has 0 aromatic rings. The van der Waals surface area contributed by atoms with Crippen molar-refractivity contribution in [1.82, 2.24) is 0 Å². The van der Waals surface area contributed by atoms with Gasteiger partial charge in [-0.05, 0) is 70.6 Å². The highest BCUT2D eigenvalue weighted by Crippen LogP contribution is 2.19. The Bertz CT molecular complexity index is 723. The number of carbonyl (C=O) groups is 2. The topological polar surface area (TPSA) is 63.6 Å². The third-order valence-corrected chi connectivity index (χ3v) is 8.63. The molecule has 0 aliphatic heterocycles.